The van der Waals surface area contributed by atoms with Crippen LogP contribution >= 0.6 is 0 Å². The molecule has 0 unspecified atom stereocenters. The summed E-state index contributed by atoms with van der Waals surface area (Å²) in [5.74, 6) is 0.979. The summed E-state index contributed by atoms with van der Waals surface area (Å²) in [6.45, 7) is 6.78. The van der Waals surface area contributed by atoms with Crippen LogP contribution < -0.4 is 4.57 Å². The van der Waals surface area contributed by atoms with Crippen molar-refractivity contribution in [3.63, 3.8) is 0 Å². The fourth-order valence-corrected chi connectivity index (χ4v) is 4.04. The highest BCUT2D eigenvalue weighted by Crippen LogP contribution is 2.28. The lowest BCUT2D eigenvalue weighted by atomic mass is 10.0. The number of benzene rings is 2. The largest absolute Gasteiger partial charge is 0.438 e. The Hall–Kier alpha value is -3.01. The number of hydrogen-bond acceptors (Lipinski definition) is 1. The van der Waals surface area contributed by atoms with Crippen LogP contribution in [0.1, 0.15) is 23.6 Å². The van der Waals surface area contributed by atoms with E-state index in [1.165, 1.54) is 33.3 Å². The zero-order valence-electron chi connectivity index (χ0n) is 17.1. The number of ether oxygens (including phenoxy) is 1. The monoisotopic (exact) mass is 374 g/mol. The maximum atomic E-state index is 5.94. The molecule has 28 heavy (non-hydrogen) atoms. The second-order valence-corrected chi connectivity index (χ2v) is 7.41. The lowest BCUT2D eigenvalue weighted by Gasteiger charge is -2.10. The molecule has 0 atom stereocenters. The third kappa shape index (κ3) is 3.19. The molecule has 4 rings (SSSR count). The highest BCUT2D eigenvalue weighted by molar-refractivity contribution is 5.92. The van der Waals surface area contributed by atoms with Crippen LogP contribution in [0.4, 0.5) is 5.69 Å². The molecule has 0 spiro atoms. The van der Waals surface area contributed by atoms with Crippen LogP contribution in [0.3, 0.4) is 0 Å². The summed E-state index contributed by atoms with van der Waals surface area (Å²) in [7, 11) is 4.21. The molecule has 1 aromatic heterocycles. The second-order valence-electron chi connectivity index (χ2n) is 7.41. The van der Waals surface area contributed by atoms with E-state index < -0.39 is 0 Å². The van der Waals surface area contributed by atoms with E-state index in [1.807, 2.05) is 0 Å². The van der Waals surface area contributed by atoms with Crippen molar-refractivity contribution < 1.29 is 18.5 Å². The number of rotatable bonds is 4. The van der Waals surface area contributed by atoms with Crippen molar-refractivity contribution in [2.75, 3.05) is 20.2 Å². The van der Waals surface area contributed by atoms with Crippen LogP contribution in [-0.2, 0) is 18.3 Å². The van der Waals surface area contributed by atoms with Crippen LogP contribution in [0, 0.1) is 6.92 Å². The zero-order chi connectivity index (χ0) is 19.7. The highest BCUT2D eigenvalue weighted by atomic mass is 16.5. The van der Waals surface area contributed by atoms with Gasteiger partial charge in [0.25, 0.3) is 11.2 Å². The van der Waals surface area contributed by atoms with E-state index in [1.54, 1.807) is 0 Å². The van der Waals surface area contributed by atoms with Gasteiger partial charge in [-0.15, -0.1) is 0 Å². The first kappa shape index (κ1) is 18.4. The third-order valence-corrected chi connectivity index (χ3v) is 5.52. The molecule has 1 aliphatic rings. The van der Waals surface area contributed by atoms with Crippen LogP contribution in [0.15, 0.2) is 54.7 Å². The Balaban J connectivity index is 1.83. The maximum absolute atomic E-state index is 5.94. The number of aryl methyl sites for hydroxylation is 2. The van der Waals surface area contributed by atoms with Crippen LogP contribution in [0.5, 0.6) is 0 Å². The zero-order valence-corrected chi connectivity index (χ0v) is 17.1. The lowest BCUT2D eigenvalue weighted by Crippen LogP contribution is -2.29. The predicted molar refractivity (Wildman–Crippen MR) is 113 cm³/mol. The van der Waals surface area contributed by atoms with Gasteiger partial charge in [-0.3, -0.25) is 0 Å². The minimum absolute atomic E-state index is 0.752. The summed E-state index contributed by atoms with van der Waals surface area (Å²) in [4.78, 5) is 0. The topological polar surface area (TPSA) is 19.1 Å². The average Bonchev–Trinajstić information content (AvgIpc) is 3.13. The van der Waals surface area contributed by atoms with Crippen molar-refractivity contribution in [1.82, 2.24) is 0 Å². The Kier molecular flexibility index (Phi) is 4.95. The van der Waals surface area contributed by atoms with Crippen molar-refractivity contribution in [3.8, 4) is 0 Å². The van der Waals surface area contributed by atoms with Gasteiger partial charge in [0.05, 0.1) is 10.9 Å². The quantitative estimate of drug-likeness (QED) is 0.506. The van der Waals surface area contributed by atoms with Gasteiger partial charge in [-0.2, -0.15) is 13.7 Å². The molecule has 3 aromatic rings. The Morgan fingerprint density at radius 1 is 1.07 bits per heavy atom. The van der Waals surface area contributed by atoms with E-state index in [-0.39, 0.29) is 0 Å². The van der Waals surface area contributed by atoms with E-state index in [0.717, 1.165) is 25.6 Å². The first-order chi connectivity index (χ1) is 13.6. The van der Waals surface area contributed by atoms with Crippen LogP contribution in [0.2, 0.25) is 0 Å². The Labute approximate surface area is 166 Å². The van der Waals surface area contributed by atoms with Gasteiger partial charge in [-0.25, -0.2) is 0 Å². The van der Waals surface area contributed by atoms with Gasteiger partial charge in [0.15, 0.2) is 25.9 Å². The van der Waals surface area contributed by atoms with Crippen LogP contribution in [-0.4, -0.2) is 41.5 Å². The van der Waals surface area contributed by atoms with Crippen molar-refractivity contribution in [3.05, 3.63) is 71.4 Å². The summed E-state index contributed by atoms with van der Waals surface area (Å²) < 4.78 is 12.7. The first-order valence-electron chi connectivity index (χ1n) is 9.83. The number of likely N-dealkylation sites (N-methyl/N-ethyl adjacent to an activating group) is 1. The summed E-state index contributed by atoms with van der Waals surface area (Å²) in [5, 5.41) is 1.25. The fourth-order valence-electron chi connectivity index (χ4n) is 4.04. The predicted octanol–water partition coefficient (Wildman–Crippen LogP) is 3.33. The van der Waals surface area contributed by atoms with Gasteiger partial charge in [0.1, 0.15) is 20.3 Å². The van der Waals surface area contributed by atoms with Gasteiger partial charge in [-0.1, -0.05) is 24.3 Å². The molecule has 0 fully saturated rings. The van der Waals surface area contributed by atoms with E-state index in [9.17, 15) is 0 Å². The molecular formula is C24H28N3O+3. The molecule has 0 saturated carbocycles. The molecule has 0 N–H and O–H groups in total. The fraction of sp³-hybridized carbons (Fsp3) is 0.292. The molecule has 0 radical (unpaired) electrons. The maximum Gasteiger partial charge on any atom is 0.370 e. The van der Waals surface area contributed by atoms with E-state index >= 15 is 0 Å². The summed E-state index contributed by atoms with van der Waals surface area (Å²) >= 11 is 0. The molecule has 4 nitrogen and oxygen atoms in total. The molecule has 0 bridgehead atoms. The van der Waals surface area contributed by atoms with Crippen molar-refractivity contribution in [2.24, 2.45) is 7.05 Å². The number of nitrogens with zero attached hydrogens (tertiary/aromatic N) is 3. The van der Waals surface area contributed by atoms with Crippen molar-refractivity contribution in [1.29, 1.82) is 0 Å². The van der Waals surface area contributed by atoms with Gasteiger partial charge < -0.3 is 4.74 Å². The highest BCUT2D eigenvalue weighted by Gasteiger charge is 2.28. The summed E-state index contributed by atoms with van der Waals surface area (Å²) in [6, 6.07) is 17.3. The van der Waals surface area contributed by atoms with Gasteiger partial charge in [0, 0.05) is 24.1 Å². The Morgan fingerprint density at radius 2 is 1.89 bits per heavy atom. The normalized spacial score (nSPS) is 14.6. The number of pyridine rings is 1. The standard InChI is InChI=1S/C24H28N3O/c1-5-27(22-18(2)12-13-19-10-8-14-25(3)23(19)22)17-20-9-6-7-11-21(20)24-26(4)15-16-28-24/h5-14H,15-17H2,1-4H3/q+3. The molecule has 4 heteroatoms. The lowest BCUT2D eigenvalue weighted by molar-refractivity contribution is -0.647. The van der Waals surface area contributed by atoms with E-state index in [4.69, 9.17) is 4.74 Å². The van der Waals surface area contributed by atoms with Crippen LogP contribution in [0.25, 0.3) is 10.9 Å². The number of aromatic nitrogens is 1. The van der Waals surface area contributed by atoms with Gasteiger partial charge in [-0.05, 0) is 25.1 Å². The summed E-state index contributed by atoms with van der Waals surface area (Å²) in [6.07, 6.45) is 4.29. The molecule has 0 amide bonds. The van der Waals surface area contributed by atoms with E-state index in [0.29, 0.717) is 0 Å². The number of hydrogen-bond donors (Lipinski definition) is 0. The molecular weight excluding hydrogens is 346 g/mol. The van der Waals surface area contributed by atoms with Gasteiger partial charge in [0.2, 0.25) is 0 Å². The molecule has 1 aliphatic heterocycles. The Bertz CT molecular complexity index is 1110. The van der Waals surface area contributed by atoms with E-state index in [2.05, 4.69) is 103 Å². The van der Waals surface area contributed by atoms with Gasteiger partial charge >= 0.3 is 5.90 Å². The SMILES string of the molecule is CC=[N+](Cc1ccccc1C1=[N+](C)CCO1)c1c(C)ccc2ccc[n+](C)c12. The minimum atomic E-state index is 0.752. The van der Waals surface area contributed by atoms with Crippen molar-refractivity contribution in [2.45, 2.75) is 20.4 Å². The Morgan fingerprint density at radius 3 is 2.64 bits per heavy atom. The van der Waals surface area contributed by atoms with Crippen molar-refractivity contribution >= 4 is 28.7 Å². The summed E-state index contributed by atoms with van der Waals surface area (Å²) in [5.41, 5.74) is 6.21. The molecule has 2 aromatic carbocycles. The molecule has 0 aliphatic carbocycles. The molecule has 2 heterocycles. The molecule has 142 valence electrons. The molecule has 0 saturated heterocycles. The third-order valence-electron chi connectivity index (χ3n) is 5.52. The average molecular weight is 375 g/mol. The minimum Gasteiger partial charge on any atom is -0.438 e. The first-order valence-corrected chi connectivity index (χ1v) is 9.83. The number of fused-ring (bicyclic) bond motifs is 1. The smallest absolute Gasteiger partial charge is 0.370 e. The second kappa shape index (κ2) is 7.55.